The highest BCUT2D eigenvalue weighted by Gasteiger charge is 2.68. The first-order chi connectivity index (χ1) is 25.3. The van der Waals surface area contributed by atoms with Gasteiger partial charge in [-0.3, -0.25) is 19.2 Å². The molecule has 3 aliphatic carbocycles. The monoisotopic (exact) mass is 752 g/mol. The molecule has 0 radical (unpaired) electrons. The fourth-order valence-electron chi connectivity index (χ4n) is 8.36. The van der Waals surface area contributed by atoms with Crippen LogP contribution in [0.2, 0.25) is 0 Å². The van der Waals surface area contributed by atoms with Gasteiger partial charge in [-0.25, -0.2) is 0 Å². The molecule has 4 N–H and O–H groups in total. The molecule has 7 atom stereocenters. The average molecular weight is 753 g/mol. The van der Waals surface area contributed by atoms with Gasteiger partial charge in [0.1, 0.15) is 18.1 Å². The first-order valence-corrected chi connectivity index (χ1v) is 18.5. The van der Waals surface area contributed by atoms with Gasteiger partial charge >= 0.3 is 19.0 Å². The van der Waals surface area contributed by atoms with Gasteiger partial charge < -0.3 is 30.6 Å². The molecule has 7 unspecified atom stereocenters. The second-order valence-corrected chi connectivity index (χ2v) is 16.2. The van der Waals surface area contributed by atoms with Gasteiger partial charge in [-0.05, 0) is 61.0 Å². The van der Waals surface area contributed by atoms with E-state index >= 15 is 0 Å². The van der Waals surface area contributed by atoms with Gasteiger partial charge in [0.15, 0.2) is 0 Å². The molecule has 1 saturated heterocycles. The molecule has 54 heavy (non-hydrogen) atoms. The van der Waals surface area contributed by atoms with Crippen LogP contribution in [-0.2, 0) is 47.0 Å². The van der Waals surface area contributed by atoms with Crippen LogP contribution in [0.5, 0.6) is 0 Å². The number of carbonyl (C=O) groups is 4. The molecule has 5 aliphatic rings. The van der Waals surface area contributed by atoms with E-state index in [1.54, 1.807) is 38.1 Å². The fourth-order valence-corrected chi connectivity index (χ4v) is 8.36. The summed E-state index contributed by atoms with van der Waals surface area (Å²) in [6.07, 6.45) is -2.83. The van der Waals surface area contributed by atoms with Crippen molar-refractivity contribution in [2.75, 3.05) is 6.44 Å². The number of rotatable bonds is 14. The van der Waals surface area contributed by atoms with Crippen LogP contribution in [0.1, 0.15) is 71.1 Å². The van der Waals surface area contributed by atoms with Crippen molar-refractivity contribution in [3.63, 3.8) is 0 Å². The van der Waals surface area contributed by atoms with Crippen molar-refractivity contribution in [3.05, 3.63) is 71.3 Å². The Morgan fingerprint density at radius 1 is 0.889 bits per heavy atom. The predicted molar refractivity (Wildman–Crippen MR) is 192 cm³/mol. The van der Waals surface area contributed by atoms with Crippen LogP contribution >= 0.6 is 0 Å². The summed E-state index contributed by atoms with van der Waals surface area (Å²) in [5.41, 5.74) is -2.04. The second-order valence-electron chi connectivity index (χ2n) is 16.2. The standard InChI is InChI=1S/C38H48BF3N6O6/c1-21(2)31(46-30(49)17-24-13-10-14-25(15-24)37(47-48-37)38(40,41)42)34(52)45-27(16-23-11-8-7-9-12-23)33(51)44-22(3)32(50)43-20-39-53-29-19-26-18-28(35(26,4)5)36(29,6)54-39/h7-15,21-22,26-29,31H,16-20H2,1-6H3,(H,43,50)(H,44,51)(H,45,52)(H,46,49). The largest absolute Gasteiger partial charge is 0.478 e. The summed E-state index contributed by atoms with van der Waals surface area (Å²) in [4.78, 5) is 53.7. The number of hydrogen-bond acceptors (Lipinski definition) is 8. The van der Waals surface area contributed by atoms with E-state index in [4.69, 9.17) is 9.31 Å². The minimum absolute atomic E-state index is 0.0351. The lowest BCUT2D eigenvalue weighted by molar-refractivity contribution is -0.199. The van der Waals surface area contributed by atoms with Crippen molar-refractivity contribution >= 4 is 30.7 Å². The van der Waals surface area contributed by atoms with E-state index in [9.17, 15) is 32.3 Å². The Kier molecular flexibility index (Phi) is 10.8. The molecular weight excluding hydrogens is 704 g/mol. The van der Waals surface area contributed by atoms with Gasteiger partial charge in [0.05, 0.1) is 24.6 Å². The quantitative estimate of drug-likeness (QED) is 0.212. The zero-order valence-electron chi connectivity index (χ0n) is 31.3. The molecule has 2 heterocycles. The minimum Gasteiger partial charge on any atom is -0.404 e. The van der Waals surface area contributed by atoms with E-state index in [1.807, 2.05) is 6.07 Å². The second kappa shape index (κ2) is 14.7. The molecule has 2 bridgehead atoms. The maximum Gasteiger partial charge on any atom is 0.478 e. The summed E-state index contributed by atoms with van der Waals surface area (Å²) >= 11 is 0. The number of halogens is 3. The molecule has 4 amide bonds. The van der Waals surface area contributed by atoms with Crippen LogP contribution in [0.4, 0.5) is 13.2 Å². The summed E-state index contributed by atoms with van der Waals surface area (Å²) in [7, 11) is -0.611. The first-order valence-electron chi connectivity index (χ1n) is 18.5. The molecule has 3 saturated carbocycles. The molecule has 2 aliphatic heterocycles. The van der Waals surface area contributed by atoms with Crippen molar-refractivity contribution in [1.29, 1.82) is 0 Å². The summed E-state index contributed by atoms with van der Waals surface area (Å²) < 4.78 is 53.2. The number of benzene rings is 2. The van der Waals surface area contributed by atoms with Crippen molar-refractivity contribution < 1.29 is 41.7 Å². The molecule has 0 spiro atoms. The van der Waals surface area contributed by atoms with Crippen LogP contribution in [0.15, 0.2) is 64.8 Å². The van der Waals surface area contributed by atoms with E-state index in [0.29, 0.717) is 11.8 Å². The lowest BCUT2D eigenvalue weighted by atomic mass is 9.43. The van der Waals surface area contributed by atoms with Crippen LogP contribution in [0, 0.1) is 23.2 Å². The molecule has 7 rings (SSSR count). The molecular formula is C38H48BF3N6O6. The van der Waals surface area contributed by atoms with Gasteiger partial charge in [-0.15, -0.1) is 10.2 Å². The third-order valence-electron chi connectivity index (χ3n) is 11.8. The van der Waals surface area contributed by atoms with Crippen molar-refractivity contribution in [3.8, 4) is 0 Å². The van der Waals surface area contributed by atoms with E-state index in [2.05, 4.69) is 52.3 Å². The Labute approximate surface area is 313 Å². The van der Waals surface area contributed by atoms with Gasteiger partial charge in [-0.1, -0.05) is 82.3 Å². The van der Waals surface area contributed by atoms with Crippen LogP contribution in [-0.4, -0.2) is 73.2 Å². The number of hydrogen-bond donors (Lipinski definition) is 4. The van der Waals surface area contributed by atoms with E-state index < -0.39 is 72.2 Å². The Bertz CT molecular complexity index is 1790. The fraction of sp³-hybridized carbons (Fsp3) is 0.579. The molecule has 12 nitrogen and oxygen atoms in total. The Morgan fingerprint density at radius 3 is 2.20 bits per heavy atom. The Hall–Kier alpha value is -4.31. The Balaban J connectivity index is 1.05. The summed E-state index contributed by atoms with van der Waals surface area (Å²) in [5.74, 6) is -1.77. The van der Waals surface area contributed by atoms with Gasteiger partial charge in [-0.2, -0.15) is 13.2 Å². The van der Waals surface area contributed by atoms with Crippen LogP contribution in [0.25, 0.3) is 0 Å². The number of alkyl halides is 3. The van der Waals surface area contributed by atoms with E-state index in [0.717, 1.165) is 18.4 Å². The van der Waals surface area contributed by atoms with Gasteiger partial charge in [0.2, 0.25) is 23.6 Å². The lowest BCUT2D eigenvalue weighted by Gasteiger charge is -2.64. The highest BCUT2D eigenvalue weighted by atomic mass is 19.4. The summed E-state index contributed by atoms with van der Waals surface area (Å²) in [6, 6.07) is 11.2. The molecule has 0 aromatic heterocycles. The first kappa shape index (κ1) is 39.4. The lowest BCUT2D eigenvalue weighted by Crippen LogP contribution is -2.65. The van der Waals surface area contributed by atoms with Crippen LogP contribution < -0.4 is 21.3 Å². The third-order valence-corrected chi connectivity index (χ3v) is 11.8. The highest BCUT2D eigenvalue weighted by Crippen LogP contribution is 2.65. The Morgan fingerprint density at radius 2 is 1.57 bits per heavy atom. The van der Waals surface area contributed by atoms with Gasteiger partial charge in [0, 0.05) is 12.0 Å². The number of nitrogens with one attached hydrogen (secondary N) is 4. The minimum atomic E-state index is -4.71. The van der Waals surface area contributed by atoms with Crippen LogP contribution in [0.3, 0.4) is 0 Å². The highest BCUT2D eigenvalue weighted by molar-refractivity contribution is 6.46. The van der Waals surface area contributed by atoms with E-state index in [-0.39, 0.29) is 41.9 Å². The van der Waals surface area contributed by atoms with Crippen molar-refractivity contribution in [1.82, 2.24) is 21.3 Å². The smallest absolute Gasteiger partial charge is 0.404 e. The number of amides is 4. The van der Waals surface area contributed by atoms with Gasteiger partial charge in [0.25, 0.3) is 0 Å². The molecule has 16 heteroatoms. The predicted octanol–water partition coefficient (Wildman–Crippen LogP) is 4.17. The zero-order chi connectivity index (χ0) is 39.2. The average Bonchev–Trinajstić information content (AvgIpc) is 3.86. The SMILES string of the molecule is CC(NC(=O)C(Cc1ccccc1)NC(=O)C(NC(=O)Cc1cccc(C2(C(F)(F)F)N=N2)c1)C(C)C)C(=O)NCB1OC2CC3CC(C3(C)C)C2(C)O1. The molecule has 290 valence electrons. The molecule has 2 aromatic rings. The third kappa shape index (κ3) is 7.77. The normalized spacial score (nSPS) is 26.1. The topological polar surface area (TPSA) is 160 Å². The number of nitrogens with zero attached hydrogens (tertiary/aromatic N) is 2. The summed E-state index contributed by atoms with van der Waals surface area (Å²) in [5, 5.41) is 17.4. The zero-order valence-corrected chi connectivity index (χ0v) is 31.3. The van der Waals surface area contributed by atoms with Crippen molar-refractivity contribution in [2.45, 2.75) is 109 Å². The molecule has 4 fully saturated rings. The number of carbonyl (C=O) groups excluding carboxylic acids is 4. The summed E-state index contributed by atoms with van der Waals surface area (Å²) in [6.45, 7) is 11.6. The van der Waals surface area contributed by atoms with E-state index in [1.165, 1.54) is 31.2 Å². The van der Waals surface area contributed by atoms with Crippen molar-refractivity contribution in [2.24, 2.45) is 33.4 Å². The maximum absolute atomic E-state index is 13.7. The maximum atomic E-state index is 13.7. The molecule has 2 aromatic carbocycles.